The number of nitrogens with one attached hydrogen (secondary N) is 1. The lowest BCUT2D eigenvalue weighted by atomic mass is 10.0. The van der Waals surface area contributed by atoms with E-state index in [2.05, 4.69) is 10.1 Å². The zero-order valence-electron chi connectivity index (χ0n) is 12.0. The topological polar surface area (TPSA) is 41.6 Å². The van der Waals surface area contributed by atoms with Crippen molar-refractivity contribution >= 4 is 11.6 Å². The first-order valence-electron chi connectivity index (χ1n) is 7.22. The number of rotatable bonds is 6. The minimum absolute atomic E-state index is 0.0389. The van der Waals surface area contributed by atoms with Crippen molar-refractivity contribution in [1.82, 2.24) is 5.32 Å². The summed E-state index contributed by atoms with van der Waals surface area (Å²) in [5, 5.41) is 3.20. The second-order valence-corrected chi connectivity index (χ2v) is 4.99. The van der Waals surface area contributed by atoms with E-state index < -0.39 is 6.61 Å². The molecule has 0 aliphatic carbocycles. The predicted molar refractivity (Wildman–Crippen MR) is 76.7 cm³/mol. The van der Waals surface area contributed by atoms with Crippen molar-refractivity contribution in [2.75, 3.05) is 18.0 Å². The van der Waals surface area contributed by atoms with Gasteiger partial charge in [-0.2, -0.15) is 8.78 Å². The van der Waals surface area contributed by atoms with Crippen LogP contribution in [-0.2, 0) is 4.79 Å². The van der Waals surface area contributed by atoms with Crippen molar-refractivity contribution in [2.45, 2.75) is 38.8 Å². The average Bonchev–Trinajstić information content (AvgIpc) is 2.46. The Morgan fingerprint density at radius 3 is 2.90 bits per heavy atom. The molecule has 4 nitrogen and oxygen atoms in total. The van der Waals surface area contributed by atoms with E-state index in [0.717, 1.165) is 25.8 Å². The molecular formula is C15H20F2N2O2. The molecule has 1 atom stereocenters. The van der Waals surface area contributed by atoms with E-state index in [9.17, 15) is 13.6 Å². The van der Waals surface area contributed by atoms with E-state index in [0.29, 0.717) is 12.2 Å². The molecule has 1 fully saturated rings. The second kappa shape index (κ2) is 7.36. The van der Waals surface area contributed by atoms with Crippen LogP contribution in [0.1, 0.15) is 26.2 Å². The molecule has 21 heavy (non-hydrogen) atoms. The Kier molecular flexibility index (Phi) is 5.50. The third-order valence-electron chi connectivity index (χ3n) is 3.45. The maximum atomic E-state index is 12.5. The van der Waals surface area contributed by atoms with Gasteiger partial charge in [0, 0.05) is 6.54 Å². The number of carbonyl (C=O) groups is 1. The Hall–Kier alpha value is -1.69. The summed E-state index contributed by atoms with van der Waals surface area (Å²) in [5.41, 5.74) is 0.408. The number of hydrogen-bond donors (Lipinski definition) is 1. The number of halogens is 2. The minimum Gasteiger partial charge on any atom is -0.433 e. The summed E-state index contributed by atoms with van der Waals surface area (Å²) in [7, 11) is 0. The Balaban J connectivity index is 2.18. The van der Waals surface area contributed by atoms with Crippen molar-refractivity contribution in [1.29, 1.82) is 0 Å². The first-order valence-corrected chi connectivity index (χ1v) is 7.22. The molecule has 0 spiro atoms. The summed E-state index contributed by atoms with van der Waals surface area (Å²) in [6.45, 7) is 0.413. The standard InChI is InChI=1S/C15H20F2N2O2/c1-2-9-18-11-6-5-10-19(14(11)20)12-7-3-4-8-13(12)21-15(16)17/h3-4,7-8,11,15,18H,2,5-6,9-10H2,1H3. The number of benzene rings is 1. The molecule has 0 saturated carbocycles. The molecule has 0 radical (unpaired) electrons. The molecular weight excluding hydrogens is 278 g/mol. The van der Waals surface area contributed by atoms with Crippen molar-refractivity contribution in [3.63, 3.8) is 0 Å². The van der Waals surface area contributed by atoms with Gasteiger partial charge >= 0.3 is 6.61 Å². The number of ether oxygens (including phenoxy) is 1. The Labute approximate surface area is 123 Å². The molecule has 1 aromatic rings. The lowest BCUT2D eigenvalue weighted by Gasteiger charge is -2.33. The molecule has 1 aliphatic rings. The van der Waals surface area contributed by atoms with Gasteiger partial charge in [-0.05, 0) is 37.9 Å². The number of amides is 1. The van der Waals surface area contributed by atoms with Crippen LogP contribution in [0.15, 0.2) is 24.3 Å². The number of carbonyl (C=O) groups excluding carboxylic acids is 1. The molecule has 1 amide bonds. The number of anilines is 1. The zero-order chi connectivity index (χ0) is 15.2. The maximum Gasteiger partial charge on any atom is 0.387 e. The van der Waals surface area contributed by atoms with Gasteiger partial charge in [0.15, 0.2) is 0 Å². The van der Waals surface area contributed by atoms with Crippen molar-refractivity contribution < 1.29 is 18.3 Å². The summed E-state index contributed by atoms with van der Waals surface area (Å²) >= 11 is 0. The molecule has 6 heteroatoms. The van der Waals surface area contributed by atoms with Crippen molar-refractivity contribution in [3.05, 3.63) is 24.3 Å². The number of nitrogens with zero attached hydrogens (tertiary/aromatic N) is 1. The van der Waals surface area contributed by atoms with E-state index in [1.807, 2.05) is 6.92 Å². The lowest BCUT2D eigenvalue weighted by molar-refractivity contribution is -0.121. The van der Waals surface area contributed by atoms with Crippen molar-refractivity contribution in [3.8, 4) is 5.75 Å². The third kappa shape index (κ3) is 3.91. The molecule has 1 N–H and O–H groups in total. The number of hydrogen-bond acceptors (Lipinski definition) is 3. The quantitative estimate of drug-likeness (QED) is 0.878. The lowest BCUT2D eigenvalue weighted by Crippen LogP contribution is -2.51. The highest BCUT2D eigenvalue weighted by Crippen LogP contribution is 2.31. The summed E-state index contributed by atoms with van der Waals surface area (Å²) in [6.07, 6.45) is 2.54. The monoisotopic (exact) mass is 298 g/mol. The van der Waals surface area contributed by atoms with Crippen LogP contribution < -0.4 is 15.0 Å². The molecule has 0 aromatic heterocycles. The highest BCUT2D eigenvalue weighted by Gasteiger charge is 2.30. The van der Waals surface area contributed by atoms with Gasteiger partial charge in [0.05, 0.1) is 11.7 Å². The fourth-order valence-corrected chi connectivity index (χ4v) is 2.50. The van der Waals surface area contributed by atoms with Crippen LogP contribution in [0.25, 0.3) is 0 Å². The van der Waals surface area contributed by atoms with Gasteiger partial charge in [-0.3, -0.25) is 4.79 Å². The Morgan fingerprint density at radius 1 is 1.43 bits per heavy atom. The summed E-state index contributed by atoms with van der Waals surface area (Å²) in [5.74, 6) is -0.0444. The Morgan fingerprint density at radius 2 is 2.19 bits per heavy atom. The fraction of sp³-hybridized carbons (Fsp3) is 0.533. The van der Waals surface area contributed by atoms with E-state index in [4.69, 9.17) is 0 Å². The van der Waals surface area contributed by atoms with Crippen LogP contribution in [-0.4, -0.2) is 31.7 Å². The molecule has 1 aliphatic heterocycles. The van der Waals surface area contributed by atoms with Gasteiger partial charge in [-0.15, -0.1) is 0 Å². The van der Waals surface area contributed by atoms with Gasteiger partial charge in [-0.1, -0.05) is 19.1 Å². The number of para-hydroxylation sites is 2. The predicted octanol–water partition coefficient (Wildman–Crippen LogP) is 2.78. The average molecular weight is 298 g/mol. The van der Waals surface area contributed by atoms with Gasteiger partial charge in [-0.25, -0.2) is 0 Å². The van der Waals surface area contributed by atoms with E-state index >= 15 is 0 Å². The molecule has 1 heterocycles. The van der Waals surface area contributed by atoms with E-state index in [1.165, 1.54) is 11.0 Å². The van der Waals surface area contributed by atoms with E-state index in [-0.39, 0.29) is 17.7 Å². The molecule has 1 unspecified atom stereocenters. The largest absolute Gasteiger partial charge is 0.433 e. The summed E-state index contributed by atoms with van der Waals surface area (Å²) < 4.78 is 29.5. The molecule has 2 rings (SSSR count). The van der Waals surface area contributed by atoms with Gasteiger partial charge in [0.2, 0.25) is 5.91 Å². The molecule has 1 aromatic carbocycles. The van der Waals surface area contributed by atoms with Gasteiger partial charge in [0.25, 0.3) is 0 Å². The van der Waals surface area contributed by atoms with Gasteiger partial charge < -0.3 is 15.0 Å². The zero-order valence-corrected chi connectivity index (χ0v) is 12.0. The van der Waals surface area contributed by atoms with Crippen LogP contribution in [0.4, 0.5) is 14.5 Å². The van der Waals surface area contributed by atoms with Crippen LogP contribution in [0.5, 0.6) is 5.75 Å². The Bertz CT molecular complexity index is 482. The van der Waals surface area contributed by atoms with E-state index in [1.54, 1.807) is 18.2 Å². The minimum atomic E-state index is -2.90. The second-order valence-electron chi connectivity index (χ2n) is 4.99. The van der Waals surface area contributed by atoms with Crippen LogP contribution in [0, 0.1) is 0 Å². The molecule has 116 valence electrons. The highest BCUT2D eigenvalue weighted by atomic mass is 19.3. The first kappa shape index (κ1) is 15.7. The first-order chi connectivity index (χ1) is 10.1. The summed E-state index contributed by atoms with van der Waals surface area (Å²) in [4.78, 5) is 14.0. The normalized spacial score (nSPS) is 19.1. The van der Waals surface area contributed by atoms with Crippen molar-refractivity contribution in [2.24, 2.45) is 0 Å². The van der Waals surface area contributed by atoms with Gasteiger partial charge in [0.1, 0.15) is 5.75 Å². The SMILES string of the molecule is CCCNC1CCCN(c2ccccc2OC(F)F)C1=O. The fourth-order valence-electron chi connectivity index (χ4n) is 2.50. The maximum absolute atomic E-state index is 12.5. The molecule has 1 saturated heterocycles. The smallest absolute Gasteiger partial charge is 0.387 e. The summed E-state index contributed by atoms with van der Waals surface area (Å²) in [6, 6.07) is 6.17. The van der Waals surface area contributed by atoms with Crippen LogP contribution >= 0.6 is 0 Å². The van der Waals surface area contributed by atoms with Crippen LogP contribution in [0.2, 0.25) is 0 Å². The van der Waals surface area contributed by atoms with Crippen LogP contribution in [0.3, 0.4) is 0 Å². The number of piperidine rings is 1. The third-order valence-corrected chi connectivity index (χ3v) is 3.45. The highest BCUT2D eigenvalue weighted by molar-refractivity contribution is 5.99. The molecule has 0 bridgehead atoms. The number of alkyl halides is 2.